The van der Waals surface area contributed by atoms with E-state index in [1.807, 2.05) is 6.92 Å². The molecule has 100 valence electrons. The van der Waals surface area contributed by atoms with Crippen LogP contribution < -0.4 is 5.32 Å². The predicted octanol–water partition coefficient (Wildman–Crippen LogP) is 1.68. The van der Waals surface area contributed by atoms with E-state index >= 15 is 0 Å². The third-order valence-corrected chi connectivity index (χ3v) is 3.34. The summed E-state index contributed by atoms with van der Waals surface area (Å²) in [6.45, 7) is 1.93. The number of hydrogen-bond acceptors (Lipinski definition) is 6. The Balaban J connectivity index is 1.92. The molecule has 0 aliphatic heterocycles. The van der Waals surface area contributed by atoms with Crippen LogP contribution in [0.1, 0.15) is 15.2 Å². The molecule has 0 bridgehead atoms. The van der Waals surface area contributed by atoms with E-state index in [2.05, 4.69) is 25.4 Å². The van der Waals surface area contributed by atoms with E-state index in [-0.39, 0.29) is 5.91 Å². The van der Waals surface area contributed by atoms with Gasteiger partial charge in [0.2, 0.25) is 0 Å². The standard InChI is InChI=1S/C12H10N6OS/c1-8-5-15-12(20-8)17-11(19)9-3-2-4-14-10(9)18-7-13-6-16-18/h2-7H,1H3,(H,15,17,19). The number of pyridine rings is 1. The Morgan fingerprint density at radius 3 is 3.00 bits per heavy atom. The van der Waals surface area contributed by atoms with Crippen LogP contribution in [0.15, 0.2) is 37.2 Å². The second-order valence-corrected chi connectivity index (χ2v) is 5.18. The highest BCUT2D eigenvalue weighted by molar-refractivity contribution is 7.15. The Bertz CT molecular complexity index is 736. The van der Waals surface area contributed by atoms with Gasteiger partial charge < -0.3 is 0 Å². The van der Waals surface area contributed by atoms with E-state index in [4.69, 9.17) is 0 Å². The van der Waals surface area contributed by atoms with Crippen molar-refractivity contribution in [2.24, 2.45) is 0 Å². The molecule has 3 aromatic rings. The molecule has 8 heteroatoms. The van der Waals surface area contributed by atoms with Gasteiger partial charge in [-0.2, -0.15) is 5.10 Å². The molecule has 1 amide bonds. The van der Waals surface area contributed by atoms with Crippen LogP contribution in [0, 0.1) is 6.92 Å². The largest absolute Gasteiger partial charge is 0.298 e. The van der Waals surface area contributed by atoms with Crippen LogP contribution in [0.3, 0.4) is 0 Å². The van der Waals surface area contributed by atoms with Crippen molar-refractivity contribution in [3.63, 3.8) is 0 Å². The molecule has 0 saturated carbocycles. The average molecular weight is 286 g/mol. The van der Waals surface area contributed by atoms with Gasteiger partial charge in [0, 0.05) is 17.3 Å². The maximum atomic E-state index is 12.3. The van der Waals surface area contributed by atoms with Gasteiger partial charge in [0.1, 0.15) is 12.7 Å². The highest BCUT2D eigenvalue weighted by Gasteiger charge is 2.15. The minimum absolute atomic E-state index is 0.280. The van der Waals surface area contributed by atoms with Gasteiger partial charge in [-0.1, -0.05) is 0 Å². The van der Waals surface area contributed by atoms with Crippen LogP contribution in [0.25, 0.3) is 5.82 Å². The van der Waals surface area contributed by atoms with Crippen molar-refractivity contribution in [2.75, 3.05) is 5.32 Å². The van der Waals surface area contributed by atoms with Gasteiger partial charge in [0.15, 0.2) is 10.9 Å². The highest BCUT2D eigenvalue weighted by Crippen LogP contribution is 2.18. The lowest BCUT2D eigenvalue weighted by Crippen LogP contribution is -2.16. The number of carbonyl (C=O) groups is 1. The molecule has 0 fully saturated rings. The third-order valence-electron chi connectivity index (χ3n) is 2.51. The molecular formula is C12H10N6OS. The van der Waals surface area contributed by atoms with Gasteiger partial charge in [-0.3, -0.25) is 10.1 Å². The minimum atomic E-state index is -0.280. The second kappa shape index (κ2) is 5.17. The molecule has 0 saturated heterocycles. The summed E-state index contributed by atoms with van der Waals surface area (Å²) >= 11 is 1.42. The fourth-order valence-electron chi connectivity index (χ4n) is 1.65. The van der Waals surface area contributed by atoms with E-state index in [9.17, 15) is 4.79 Å². The van der Waals surface area contributed by atoms with Crippen LogP contribution in [-0.2, 0) is 0 Å². The molecule has 0 atom stereocenters. The molecule has 3 rings (SSSR count). The Kier molecular flexibility index (Phi) is 3.21. The molecular weight excluding hydrogens is 276 g/mol. The van der Waals surface area contributed by atoms with Crippen molar-refractivity contribution >= 4 is 22.4 Å². The minimum Gasteiger partial charge on any atom is -0.298 e. The van der Waals surface area contributed by atoms with Crippen LogP contribution in [0.4, 0.5) is 5.13 Å². The van der Waals surface area contributed by atoms with Gasteiger partial charge in [-0.15, -0.1) is 11.3 Å². The maximum Gasteiger partial charge on any atom is 0.261 e. The van der Waals surface area contributed by atoms with Gasteiger partial charge in [-0.25, -0.2) is 19.6 Å². The summed E-state index contributed by atoms with van der Waals surface area (Å²) in [5.74, 6) is 0.147. The molecule has 0 aromatic carbocycles. The van der Waals surface area contributed by atoms with E-state index < -0.39 is 0 Å². The Hall–Kier alpha value is -2.61. The fraction of sp³-hybridized carbons (Fsp3) is 0.0833. The van der Waals surface area contributed by atoms with Gasteiger partial charge in [-0.05, 0) is 19.1 Å². The zero-order valence-electron chi connectivity index (χ0n) is 10.5. The maximum absolute atomic E-state index is 12.3. The van der Waals surface area contributed by atoms with Crippen molar-refractivity contribution in [2.45, 2.75) is 6.92 Å². The number of thiazole rings is 1. The van der Waals surface area contributed by atoms with Gasteiger partial charge >= 0.3 is 0 Å². The van der Waals surface area contributed by atoms with Crippen molar-refractivity contribution in [3.05, 3.63) is 47.6 Å². The number of nitrogens with zero attached hydrogens (tertiary/aromatic N) is 5. The first-order valence-electron chi connectivity index (χ1n) is 5.78. The van der Waals surface area contributed by atoms with E-state index in [1.54, 1.807) is 24.5 Å². The first-order valence-corrected chi connectivity index (χ1v) is 6.59. The fourth-order valence-corrected chi connectivity index (χ4v) is 2.31. The van der Waals surface area contributed by atoms with Gasteiger partial charge in [0.25, 0.3) is 5.91 Å². The number of carbonyl (C=O) groups excluding carboxylic acids is 1. The smallest absolute Gasteiger partial charge is 0.261 e. The monoisotopic (exact) mass is 286 g/mol. The second-order valence-electron chi connectivity index (χ2n) is 3.94. The molecule has 0 spiro atoms. The highest BCUT2D eigenvalue weighted by atomic mass is 32.1. The predicted molar refractivity (Wildman–Crippen MR) is 74.0 cm³/mol. The van der Waals surface area contributed by atoms with Crippen LogP contribution in [0.5, 0.6) is 0 Å². The molecule has 0 unspecified atom stereocenters. The Morgan fingerprint density at radius 1 is 1.40 bits per heavy atom. The number of aromatic nitrogens is 5. The summed E-state index contributed by atoms with van der Waals surface area (Å²) in [5, 5.41) is 7.30. The number of hydrogen-bond donors (Lipinski definition) is 1. The molecule has 1 N–H and O–H groups in total. The number of amides is 1. The summed E-state index contributed by atoms with van der Waals surface area (Å²) < 4.78 is 1.45. The first kappa shape index (κ1) is 12.4. The van der Waals surface area contributed by atoms with Crippen LogP contribution >= 0.6 is 11.3 Å². The first-order chi connectivity index (χ1) is 9.74. The lowest BCUT2D eigenvalue weighted by Gasteiger charge is -2.06. The molecule has 0 aliphatic rings. The summed E-state index contributed by atoms with van der Waals surface area (Å²) in [4.78, 5) is 25.5. The van der Waals surface area contributed by atoms with E-state index in [0.29, 0.717) is 16.5 Å². The Morgan fingerprint density at radius 2 is 2.30 bits per heavy atom. The quantitative estimate of drug-likeness (QED) is 0.791. The van der Waals surface area contributed by atoms with Crippen molar-refractivity contribution in [1.82, 2.24) is 24.7 Å². The lowest BCUT2D eigenvalue weighted by atomic mass is 10.2. The summed E-state index contributed by atoms with van der Waals surface area (Å²) in [6, 6.07) is 3.38. The SMILES string of the molecule is Cc1cnc(NC(=O)c2cccnc2-n2cncn2)s1. The Labute approximate surface area is 118 Å². The van der Waals surface area contributed by atoms with Crippen molar-refractivity contribution < 1.29 is 4.79 Å². The number of anilines is 1. The number of aryl methyl sites for hydroxylation is 1. The van der Waals surface area contributed by atoms with Crippen molar-refractivity contribution in [3.8, 4) is 5.82 Å². The van der Waals surface area contributed by atoms with Gasteiger partial charge in [0.05, 0.1) is 5.56 Å². The molecule has 20 heavy (non-hydrogen) atoms. The normalized spacial score (nSPS) is 10.4. The zero-order valence-corrected chi connectivity index (χ0v) is 11.3. The molecule has 0 aliphatic carbocycles. The number of rotatable bonds is 3. The van der Waals surface area contributed by atoms with Crippen LogP contribution in [-0.4, -0.2) is 30.6 Å². The van der Waals surface area contributed by atoms with E-state index in [1.165, 1.54) is 28.7 Å². The van der Waals surface area contributed by atoms with Crippen molar-refractivity contribution in [1.29, 1.82) is 0 Å². The molecule has 3 aromatic heterocycles. The summed E-state index contributed by atoms with van der Waals surface area (Å²) in [5.41, 5.74) is 0.408. The lowest BCUT2D eigenvalue weighted by molar-refractivity contribution is 0.102. The molecule has 7 nitrogen and oxygen atoms in total. The molecule has 3 heterocycles. The topological polar surface area (TPSA) is 85.6 Å². The zero-order chi connectivity index (χ0) is 13.9. The summed E-state index contributed by atoms with van der Waals surface area (Å²) in [7, 11) is 0. The average Bonchev–Trinajstić information content (AvgIpc) is 3.10. The molecule has 0 radical (unpaired) electrons. The van der Waals surface area contributed by atoms with E-state index in [0.717, 1.165) is 4.88 Å². The van der Waals surface area contributed by atoms with Crippen LogP contribution in [0.2, 0.25) is 0 Å². The number of nitrogens with one attached hydrogen (secondary N) is 1. The third kappa shape index (κ3) is 2.41. The summed E-state index contributed by atoms with van der Waals surface area (Å²) in [6.07, 6.45) is 6.19.